The fraction of sp³-hybridized carbons (Fsp3) is 0.267. The van der Waals surface area contributed by atoms with Crippen molar-refractivity contribution in [1.82, 2.24) is 14.8 Å². The third kappa shape index (κ3) is 5.71. The van der Waals surface area contributed by atoms with E-state index in [0.29, 0.717) is 18.8 Å². The molecule has 1 saturated heterocycles. The van der Waals surface area contributed by atoms with Gasteiger partial charge in [0, 0.05) is 55.6 Å². The number of alkyl halides is 3. The molecule has 8 heteroatoms. The number of pyridine rings is 1. The molecule has 2 heterocycles. The van der Waals surface area contributed by atoms with E-state index < -0.39 is 17.6 Å². The Bertz CT molecular complexity index is 1480. The van der Waals surface area contributed by atoms with Crippen molar-refractivity contribution in [3.05, 3.63) is 95.2 Å². The number of anilines is 1. The number of fused-ring (bicyclic) bond motifs is 1. The number of aryl methyl sites for hydroxylation is 1. The molecule has 0 radical (unpaired) electrons. The second-order valence-electron chi connectivity index (χ2n) is 9.84. The van der Waals surface area contributed by atoms with Gasteiger partial charge >= 0.3 is 6.18 Å². The van der Waals surface area contributed by atoms with E-state index in [0.717, 1.165) is 46.7 Å². The normalized spacial score (nSPS) is 15.1. The van der Waals surface area contributed by atoms with E-state index in [9.17, 15) is 18.0 Å². The number of halogens is 3. The Hall–Kier alpha value is -3.75. The van der Waals surface area contributed by atoms with Crippen LogP contribution in [0, 0.1) is 6.92 Å². The van der Waals surface area contributed by atoms with Gasteiger partial charge in [-0.05, 0) is 72.6 Å². The van der Waals surface area contributed by atoms with Crippen molar-refractivity contribution < 1.29 is 18.0 Å². The summed E-state index contributed by atoms with van der Waals surface area (Å²) < 4.78 is 41.9. The van der Waals surface area contributed by atoms with Crippen molar-refractivity contribution in [3.8, 4) is 11.1 Å². The van der Waals surface area contributed by atoms with E-state index in [4.69, 9.17) is 0 Å². The molecule has 5 nitrogen and oxygen atoms in total. The van der Waals surface area contributed by atoms with E-state index in [1.807, 2.05) is 61.3 Å². The van der Waals surface area contributed by atoms with Gasteiger partial charge in [-0.3, -0.25) is 14.7 Å². The molecule has 5 rings (SSSR count). The minimum absolute atomic E-state index is 0.0310. The number of benzene rings is 3. The van der Waals surface area contributed by atoms with Crippen LogP contribution in [0.25, 0.3) is 22.0 Å². The molecule has 1 aliphatic rings. The first-order valence-corrected chi connectivity index (χ1v) is 12.6. The van der Waals surface area contributed by atoms with E-state index in [1.165, 1.54) is 12.1 Å². The van der Waals surface area contributed by atoms with Crippen molar-refractivity contribution in [1.29, 1.82) is 0 Å². The van der Waals surface area contributed by atoms with E-state index in [1.54, 1.807) is 12.3 Å². The molecule has 1 aliphatic heterocycles. The molecule has 1 amide bonds. The minimum Gasteiger partial charge on any atom is -0.322 e. The van der Waals surface area contributed by atoms with Gasteiger partial charge in [0.25, 0.3) is 5.91 Å². The standard InChI is InChI=1S/C30H29F3N4O/c1-20-5-10-25(18-26(20)22-7-6-21-4-3-11-34-28(21)17-22)35-29(38)23-8-9-24(27(16-23)30(31,32)33)19-37-14-12-36(2)13-15-37/h3-11,16-18H,12-15,19H2,1-2H3,(H,35,38). The van der Waals surface area contributed by atoms with E-state index in [2.05, 4.69) is 15.2 Å². The van der Waals surface area contributed by atoms with Crippen LogP contribution in [0.2, 0.25) is 0 Å². The molecule has 0 atom stereocenters. The van der Waals surface area contributed by atoms with Crippen LogP contribution in [0.4, 0.5) is 18.9 Å². The minimum atomic E-state index is -4.56. The van der Waals surface area contributed by atoms with Gasteiger partial charge < -0.3 is 10.2 Å². The van der Waals surface area contributed by atoms with Crippen LogP contribution >= 0.6 is 0 Å². The summed E-state index contributed by atoms with van der Waals surface area (Å²) in [6, 6.07) is 19.2. The number of carbonyl (C=O) groups is 1. The Morgan fingerprint density at radius 1 is 0.974 bits per heavy atom. The lowest BCUT2D eigenvalue weighted by atomic mass is 9.98. The fourth-order valence-electron chi connectivity index (χ4n) is 4.81. The van der Waals surface area contributed by atoms with Gasteiger partial charge in [0.05, 0.1) is 11.1 Å². The van der Waals surface area contributed by atoms with Crippen LogP contribution in [-0.4, -0.2) is 53.9 Å². The van der Waals surface area contributed by atoms with Crippen LogP contribution < -0.4 is 5.32 Å². The molecule has 3 aromatic carbocycles. The predicted octanol–water partition coefficient (Wildman–Crippen LogP) is 6.23. The number of rotatable bonds is 5. The zero-order chi connectivity index (χ0) is 26.9. The molecule has 1 aromatic heterocycles. The van der Waals surface area contributed by atoms with Crippen molar-refractivity contribution >= 4 is 22.5 Å². The second-order valence-corrected chi connectivity index (χ2v) is 9.84. The van der Waals surface area contributed by atoms with Gasteiger partial charge in [-0.25, -0.2) is 0 Å². The van der Waals surface area contributed by atoms with E-state index in [-0.39, 0.29) is 17.7 Å². The number of hydrogen-bond donors (Lipinski definition) is 1. The second kappa shape index (κ2) is 10.6. The topological polar surface area (TPSA) is 48.5 Å². The maximum Gasteiger partial charge on any atom is 0.416 e. The molecule has 0 spiro atoms. The highest BCUT2D eigenvalue weighted by Crippen LogP contribution is 2.34. The number of nitrogens with zero attached hydrogens (tertiary/aromatic N) is 3. The molecule has 0 aliphatic carbocycles. The molecule has 0 bridgehead atoms. The van der Waals surface area contributed by atoms with E-state index >= 15 is 0 Å². The maximum absolute atomic E-state index is 14.0. The van der Waals surface area contributed by atoms with Crippen molar-refractivity contribution in [2.24, 2.45) is 0 Å². The Morgan fingerprint density at radius 2 is 1.76 bits per heavy atom. The summed E-state index contributed by atoms with van der Waals surface area (Å²) in [6.45, 7) is 5.22. The SMILES string of the molecule is Cc1ccc(NC(=O)c2ccc(CN3CCN(C)CC3)c(C(F)(F)F)c2)cc1-c1ccc2cccnc2c1. The third-order valence-electron chi connectivity index (χ3n) is 7.08. The van der Waals surface area contributed by atoms with Crippen LogP contribution in [0.1, 0.15) is 27.0 Å². The first-order chi connectivity index (χ1) is 18.2. The number of nitrogens with one attached hydrogen (secondary N) is 1. The molecule has 0 unspecified atom stereocenters. The van der Waals surface area contributed by atoms with Gasteiger partial charge in [-0.2, -0.15) is 13.2 Å². The number of hydrogen-bond acceptors (Lipinski definition) is 4. The van der Waals surface area contributed by atoms with Crippen LogP contribution in [0.5, 0.6) is 0 Å². The van der Waals surface area contributed by atoms with Gasteiger partial charge in [0.15, 0.2) is 0 Å². The monoisotopic (exact) mass is 518 g/mol. The maximum atomic E-state index is 14.0. The number of likely N-dealkylation sites (N-methyl/N-ethyl adjacent to an activating group) is 1. The van der Waals surface area contributed by atoms with Crippen LogP contribution in [0.15, 0.2) is 72.9 Å². The Morgan fingerprint density at radius 3 is 2.53 bits per heavy atom. The molecule has 38 heavy (non-hydrogen) atoms. The summed E-state index contributed by atoms with van der Waals surface area (Å²) in [5.74, 6) is -0.586. The average Bonchev–Trinajstić information content (AvgIpc) is 2.90. The van der Waals surface area contributed by atoms with Crippen LogP contribution in [-0.2, 0) is 12.7 Å². The Labute approximate surface area is 219 Å². The lowest BCUT2D eigenvalue weighted by Gasteiger charge is -2.33. The summed E-state index contributed by atoms with van der Waals surface area (Å²) in [4.78, 5) is 21.6. The first kappa shape index (κ1) is 25.9. The zero-order valence-corrected chi connectivity index (χ0v) is 21.3. The lowest BCUT2D eigenvalue weighted by molar-refractivity contribution is -0.138. The molecular formula is C30H29F3N4O. The Balaban J connectivity index is 1.38. The lowest BCUT2D eigenvalue weighted by Crippen LogP contribution is -2.44. The van der Waals surface area contributed by atoms with Crippen molar-refractivity contribution in [2.75, 3.05) is 38.5 Å². The zero-order valence-electron chi connectivity index (χ0n) is 21.3. The largest absolute Gasteiger partial charge is 0.416 e. The number of amides is 1. The Kier molecular flexibility index (Phi) is 7.19. The molecule has 4 aromatic rings. The highest BCUT2D eigenvalue weighted by atomic mass is 19.4. The number of carbonyl (C=O) groups excluding carboxylic acids is 1. The number of piperazine rings is 1. The summed E-state index contributed by atoms with van der Waals surface area (Å²) in [5, 5.41) is 3.80. The summed E-state index contributed by atoms with van der Waals surface area (Å²) >= 11 is 0. The number of aromatic nitrogens is 1. The van der Waals surface area contributed by atoms with Gasteiger partial charge in [-0.15, -0.1) is 0 Å². The summed E-state index contributed by atoms with van der Waals surface area (Å²) in [6.07, 6.45) is -2.82. The highest BCUT2D eigenvalue weighted by Gasteiger charge is 2.34. The summed E-state index contributed by atoms with van der Waals surface area (Å²) in [5.41, 5.74) is 3.61. The highest BCUT2D eigenvalue weighted by molar-refractivity contribution is 6.04. The quantitative estimate of drug-likeness (QED) is 0.340. The van der Waals surface area contributed by atoms with Gasteiger partial charge in [-0.1, -0.05) is 30.3 Å². The predicted molar refractivity (Wildman–Crippen MR) is 144 cm³/mol. The summed E-state index contributed by atoms with van der Waals surface area (Å²) in [7, 11) is 2.00. The fourth-order valence-corrected chi connectivity index (χ4v) is 4.81. The molecule has 1 fully saturated rings. The first-order valence-electron chi connectivity index (χ1n) is 12.6. The average molecular weight is 519 g/mol. The van der Waals surface area contributed by atoms with Crippen LogP contribution in [0.3, 0.4) is 0 Å². The third-order valence-corrected chi connectivity index (χ3v) is 7.08. The smallest absolute Gasteiger partial charge is 0.322 e. The molecule has 1 N–H and O–H groups in total. The van der Waals surface area contributed by atoms with Gasteiger partial charge in [0.1, 0.15) is 0 Å². The van der Waals surface area contributed by atoms with Gasteiger partial charge in [0.2, 0.25) is 0 Å². The molecule has 0 saturated carbocycles. The van der Waals surface area contributed by atoms with Crippen molar-refractivity contribution in [2.45, 2.75) is 19.6 Å². The molecule has 196 valence electrons. The molecular weight excluding hydrogens is 489 g/mol. The van der Waals surface area contributed by atoms with Crippen molar-refractivity contribution in [3.63, 3.8) is 0 Å².